The first kappa shape index (κ1) is 22.7. The number of anilines is 1. The Morgan fingerprint density at radius 3 is 2.46 bits per heavy atom. The number of carbonyl (C=O) groups is 1. The SMILES string of the molecule is C=C1CN2CC(=C)CC2(COc2nc(N3C[C@H]4CC[C@@H](C3)N4C(=O)O)c3ccc(Br)c(F)c3n2)C1. The Morgan fingerprint density at radius 1 is 1.17 bits per heavy atom. The third-order valence-electron chi connectivity index (χ3n) is 7.85. The summed E-state index contributed by atoms with van der Waals surface area (Å²) < 4.78 is 21.7. The van der Waals surface area contributed by atoms with E-state index in [4.69, 9.17) is 9.72 Å². The van der Waals surface area contributed by atoms with Crippen LogP contribution < -0.4 is 9.64 Å². The Balaban J connectivity index is 1.35. The molecule has 5 heterocycles. The van der Waals surface area contributed by atoms with Crippen LogP contribution in [0.15, 0.2) is 40.9 Å². The first-order chi connectivity index (χ1) is 16.7. The fourth-order valence-corrected chi connectivity index (χ4v) is 6.77. The molecule has 1 N–H and O–H groups in total. The van der Waals surface area contributed by atoms with Gasteiger partial charge in [0.1, 0.15) is 17.9 Å². The molecule has 2 aromatic rings. The third kappa shape index (κ3) is 3.69. The zero-order valence-corrected chi connectivity index (χ0v) is 20.9. The maximum absolute atomic E-state index is 15.2. The number of halogens is 2. The van der Waals surface area contributed by atoms with Crippen LogP contribution in [0.5, 0.6) is 6.01 Å². The second-order valence-corrected chi connectivity index (χ2v) is 11.1. The normalized spacial score (nSPS) is 25.5. The van der Waals surface area contributed by atoms with E-state index < -0.39 is 11.9 Å². The monoisotopic (exact) mass is 543 g/mol. The lowest BCUT2D eigenvalue weighted by Gasteiger charge is -2.40. The molecule has 1 aromatic heterocycles. The number of amides is 1. The zero-order chi connectivity index (χ0) is 24.5. The van der Waals surface area contributed by atoms with Gasteiger partial charge in [0, 0.05) is 31.6 Å². The van der Waals surface area contributed by atoms with Gasteiger partial charge in [0.15, 0.2) is 5.82 Å². The number of piperazine rings is 1. The molecule has 4 fully saturated rings. The van der Waals surface area contributed by atoms with Crippen LogP contribution in [0.3, 0.4) is 0 Å². The number of rotatable bonds is 4. The van der Waals surface area contributed by atoms with Crippen molar-refractivity contribution in [2.24, 2.45) is 0 Å². The minimum Gasteiger partial charge on any atom is -0.465 e. The van der Waals surface area contributed by atoms with Crippen LogP contribution in [0.2, 0.25) is 0 Å². The molecule has 10 heteroatoms. The first-order valence-corrected chi connectivity index (χ1v) is 12.7. The number of aromatic nitrogens is 2. The highest BCUT2D eigenvalue weighted by Gasteiger charge is 2.48. The minimum atomic E-state index is -0.885. The Kier molecular flexibility index (Phi) is 5.30. The number of nitrogens with zero attached hydrogens (tertiary/aromatic N) is 5. The zero-order valence-electron chi connectivity index (χ0n) is 19.3. The van der Waals surface area contributed by atoms with Gasteiger partial charge in [-0.05, 0) is 53.7 Å². The number of hydrogen-bond donors (Lipinski definition) is 1. The summed E-state index contributed by atoms with van der Waals surface area (Å²) in [6, 6.07) is 3.36. The van der Waals surface area contributed by atoms with Gasteiger partial charge in [-0.15, -0.1) is 0 Å². The van der Waals surface area contributed by atoms with Gasteiger partial charge in [-0.1, -0.05) is 24.3 Å². The Morgan fingerprint density at radius 2 is 1.83 bits per heavy atom. The van der Waals surface area contributed by atoms with Gasteiger partial charge >= 0.3 is 12.1 Å². The maximum atomic E-state index is 15.2. The quantitative estimate of drug-likeness (QED) is 0.578. The molecule has 2 atom stereocenters. The predicted octanol–water partition coefficient (Wildman–Crippen LogP) is 4.20. The van der Waals surface area contributed by atoms with Gasteiger partial charge in [-0.2, -0.15) is 9.97 Å². The summed E-state index contributed by atoms with van der Waals surface area (Å²) in [5.41, 5.74) is 2.31. The van der Waals surface area contributed by atoms with E-state index in [1.807, 2.05) is 0 Å². The van der Waals surface area contributed by atoms with E-state index >= 15 is 4.39 Å². The lowest BCUT2D eigenvalue weighted by Crippen LogP contribution is -2.55. The smallest absolute Gasteiger partial charge is 0.407 e. The number of benzene rings is 1. The fraction of sp³-hybridized carbons (Fsp3) is 0.480. The van der Waals surface area contributed by atoms with Crippen molar-refractivity contribution < 1.29 is 19.0 Å². The number of ether oxygens (including phenoxy) is 1. The average Bonchev–Trinajstić information content (AvgIpc) is 3.38. The topological polar surface area (TPSA) is 82.0 Å². The molecule has 0 unspecified atom stereocenters. The van der Waals surface area contributed by atoms with E-state index in [0.717, 1.165) is 38.8 Å². The van der Waals surface area contributed by atoms with E-state index in [2.05, 4.69) is 43.9 Å². The molecule has 0 saturated carbocycles. The van der Waals surface area contributed by atoms with Gasteiger partial charge in [-0.25, -0.2) is 9.18 Å². The Labute approximate surface area is 211 Å². The molecule has 8 nitrogen and oxygen atoms in total. The van der Waals surface area contributed by atoms with Crippen molar-refractivity contribution in [1.29, 1.82) is 0 Å². The molecule has 1 aromatic carbocycles. The molecule has 4 aliphatic rings. The second kappa shape index (κ2) is 8.16. The van der Waals surface area contributed by atoms with E-state index in [0.29, 0.717) is 35.4 Å². The largest absolute Gasteiger partial charge is 0.465 e. The van der Waals surface area contributed by atoms with Crippen molar-refractivity contribution in [2.45, 2.75) is 43.3 Å². The lowest BCUT2D eigenvalue weighted by molar-refractivity contribution is 0.107. The van der Waals surface area contributed by atoms with Gasteiger partial charge in [0.2, 0.25) is 0 Å². The molecule has 6 rings (SSSR count). The molecule has 0 spiro atoms. The summed E-state index contributed by atoms with van der Waals surface area (Å²) in [4.78, 5) is 26.9. The van der Waals surface area contributed by atoms with Crippen molar-refractivity contribution in [1.82, 2.24) is 19.8 Å². The fourth-order valence-electron chi connectivity index (χ4n) is 6.45. The highest BCUT2D eigenvalue weighted by Crippen LogP contribution is 2.43. The second-order valence-electron chi connectivity index (χ2n) is 10.3. The third-order valence-corrected chi connectivity index (χ3v) is 8.46. The Bertz CT molecular complexity index is 1240. The van der Waals surface area contributed by atoms with Gasteiger partial charge in [0.25, 0.3) is 0 Å². The van der Waals surface area contributed by atoms with Crippen LogP contribution in [-0.4, -0.2) is 81.4 Å². The number of hydrogen-bond acceptors (Lipinski definition) is 6. The minimum absolute atomic E-state index is 0.109. The molecule has 2 bridgehead atoms. The molecule has 184 valence electrons. The van der Waals surface area contributed by atoms with Crippen molar-refractivity contribution in [3.63, 3.8) is 0 Å². The van der Waals surface area contributed by atoms with Gasteiger partial charge < -0.3 is 14.7 Å². The standard InChI is InChI=1S/C25H27BrFN5O3/c1-14-7-25(8-15(2)10-31(25)9-14)13-35-23-28-21-18(5-6-19(26)20(21)27)22(29-23)30-11-16-3-4-17(12-30)32(16)24(33)34/h5-6,16-17H,1-4,7-13H2,(H,33,34)/t16-,17+. The molecular formula is C25H27BrFN5O3. The number of carboxylic acid groups (broad SMARTS) is 1. The van der Waals surface area contributed by atoms with Crippen LogP contribution >= 0.6 is 15.9 Å². The molecular weight excluding hydrogens is 517 g/mol. The molecule has 35 heavy (non-hydrogen) atoms. The summed E-state index contributed by atoms with van der Waals surface area (Å²) in [5.74, 6) is 0.116. The van der Waals surface area contributed by atoms with Crippen molar-refractivity contribution in [3.05, 3.63) is 46.7 Å². The summed E-state index contributed by atoms with van der Waals surface area (Å²) in [5, 5.41) is 10.2. The summed E-state index contributed by atoms with van der Waals surface area (Å²) >= 11 is 3.27. The summed E-state index contributed by atoms with van der Waals surface area (Å²) in [6.45, 7) is 11.4. The van der Waals surface area contributed by atoms with Crippen LogP contribution in [0.1, 0.15) is 25.7 Å². The van der Waals surface area contributed by atoms with Crippen LogP contribution in [-0.2, 0) is 0 Å². The molecule has 0 aliphatic carbocycles. The average molecular weight is 544 g/mol. The van der Waals surface area contributed by atoms with Crippen LogP contribution in [0, 0.1) is 5.82 Å². The van der Waals surface area contributed by atoms with Crippen molar-refractivity contribution >= 4 is 38.7 Å². The van der Waals surface area contributed by atoms with Crippen molar-refractivity contribution in [2.75, 3.05) is 37.7 Å². The van der Waals surface area contributed by atoms with E-state index in [1.165, 1.54) is 11.1 Å². The highest BCUT2D eigenvalue weighted by atomic mass is 79.9. The molecule has 1 amide bonds. The van der Waals surface area contributed by atoms with E-state index in [9.17, 15) is 9.90 Å². The van der Waals surface area contributed by atoms with Crippen LogP contribution in [0.25, 0.3) is 10.9 Å². The molecule has 4 saturated heterocycles. The molecule has 4 aliphatic heterocycles. The first-order valence-electron chi connectivity index (χ1n) is 11.9. The lowest BCUT2D eigenvalue weighted by atomic mass is 9.92. The Hall–Kier alpha value is -2.72. The van der Waals surface area contributed by atoms with E-state index in [-0.39, 0.29) is 29.1 Å². The summed E-state index contributed by atoms with van der Waals surface area (Å²) in [7, 11) is 0. The predicted molar refractivity (Wildman–Crippen MR) is 133 cm³/mol. The molecule has 0 radical (unpaired) electrons. The van der Waals surface area contributed by atoms with Gasteiger partial charge in [-0.3, -0.25) is 9.80 Å². The summed E-state index contributed by atoms with van der Waals surface area (Å²) in [6.07, 6.45) is 2.39. The van der Waals surface area contributed by atoms with E-state index in [1.54, 1.807) is 17.0 Å². The van der Waals surface area contributed by atoms with Crippen LogP contribution in [0.4, 0.5) is 15.0 Å². The number of fused-ring (bicyclic) bond motifs is 4. The van der Waals surface area contributed by atoms with Crippen molar-refractivity contribution in [3.8, 4) is 6.01 Å². The maximum Gasteiger partial charge on any atom is 0.407 e. The highest BCUT2D eigenvalue weighted by molar-refractivity contribution is 9.10. The van der Waals surface area contributed by atoms with Gasteiger partial charge in [0.05, 0.1) is 22.1 Å².